The number of aryl methyl sites for hydroxylation is 1. The summed E-state index contributed by atoms with van der Waals surface area (Å²) >= 11 is 0. The van der Waals surface area contributed by atoms with Gasteiger partial charge in [0.25, 0.3) is 0 Å². The number of hydrogen-bond acceptors (Lipinski definition) is 5. The normalized spacial score (nSPS) is 16.9. The largest absolute Gasteiger partial charge is 0.462 e. The van der Waals surface area contributed by atoms with Crippen LogP contribution in [0.2, 0.25) is 0 Å². The van der Waals surface area contributed by atoms with Crippen LogP contribution in [0.5, 0.6) is 0 Å². The number of carbonyl (C=O) groups excluding carboxylic acids is 1. The predicted octanol–water partition coefficient (Wildman–Crippen LogP) is 2.83. The number of nitrogens with zero attached hydrogens (tertiary/aromatic N) is 3. The summed E-state index contributed by atoms with van der Waals surface area (Å²) in [7, 11) is 0. The number of nitriles is 1. The Labute approximate surface area is 141 Å². The second-order valence-electron chi connectivity index (χ2n) is 6.00. The molecule has 1 amide bonds. The standard InChI is InChI=1S/C18H20N4O2/c1-12-7-8-20-18(15(12)10-19)22-9-3-4-16(22)17-6-5-14(24-17)11-21-13(2)23/h5-8,16H,3-4,9,11H2,1-2H3,(H,21,23). The highest BCUT2D eigenvalue weighted by Crippen LogP contribution is 2.37. The van der Waals surface area contributed by atoms with E-state index in [0.717, 1.165) is 42.3 Å². The lowest BCUT2D eigenvalue weighted by Gasteiger charge is -2.25. The molecule has 6 nitrogen and oxygen atoms in total. The van der Waals surface area contributed by atoms with Crippen LogP contribution in [0.3, 0.4) is 0 Å². The van der Waals surface area contributed by atoms with Crippen LogP contribution in [0, 0.1) is 18.3 Å². The average Bonchev–Trinajstić information content (AvgIpc) is 3.21. The van der Waals surface area contributed by atoms with Crippen LogP contribution in [0.4, 0.5) is 5.82 Å². The summed E-state index contributed by atoms with van der Waals surface area (Å²) in [5, 5.41) is 12.2. The van der Waals surface area contributed by atoms with Crippen molar-refractivity contribution in [1.29, 1.82) is 5.26 Å². The highest BCUT2D eigenvalue weighted by molar-refractivity contribution is 5.72. The summed E-state index contributed by atoms with van der Waals surface area (Å²) in [4.78, 5) is 17.6. The van der Waals surface area contributed by atoms with E-state index in [1.54, 1.807) is 6.20 Å². The number of amides is 1. The SMILES string of the molecule is CC(=O)NCc1ccc(C2CCCN2c2nccc(C)c2C#N)o1. The molecule has 0 bridgehead atoms. The molecule has 0 aromatic carbocycles. The Morgan fingerprint density at radius 2 is 2.33 bits per heavy atom. The molecule has 2 aromatic rings. The van der Waals surface area contributed by atoms with Crippen molar-refractivity contribution in [1.82, 2.24) is 10.3 Å². The Hall–Kier alpha value is -2.81. The molecule has 1 fully saturated rings. The van der Waals surface area contributed by atoms with Gasteiger partial charge in [-0.25, -0.2) is 4.98 Å². The lowest BCUT2D eigenvalue weighted by Crippen LogP contribution is -2.24. The summed E-state index contributed by atoms with van der Waals surface area (Å²) in [6, 6.07) is 8.02. The lowest BCUT2D eigenvalue weighted by molar-refractivity contribution is -0.119. The van der Waals surface area contributed by atoms with E-state index in [9.17, 15) is 10.1 Å². The third-order valence-electron chi connectivity index (χ3n) is 4.30. The van der Waals surface area contributed by atoms with Gasteiger partial charge in [0.2, 0.25) is 5.91 Å². The maximum Gasteiger partial charge on any atom is 0.217 e. The smallest absolute Gasteiger partial charge is 0.217 e. The van der Waals surface area contributed by atoms with E-state index in [1.165, 1.54) is 6.92 Å². The first-order valence-electron chi connectivity index (χ1n) is 8.05. The zero-order valence-corrected chi connectivity index (χ0v) is 13.9. The molecule has 0 aliphatic carbocycles. The van der Waals surface area contributed by atoms with E-state index in [2.05, 4.69) is 21.3 Å². The van der Waals surface area contributed by atoms with Gasteiger partial charge < -0.3 is 14.6 Å². The zero-order valence-electron chi connectivity index (χ0n) is 13.9. The van der Waals surface area contributed by atoms with Gasteiger partial charge in [-0.2, -0.15) is 5.26 Å². The van der Waals surface area contributed by atoms with E-state index in [0.29, 0.717) is 12.1 Å². The third-order valence-corrected chi connectivity index (χ3v) is 4.30. The van der Waals surface area contributed by atoms with Crippen molar-refractivity contribution in [2.75, 3.05) is 11.4 Å². The summed E-state index contributed by atoms with van der Waals surface area (Å²) in [6.07, 6.45) is 3.71. The summed E-state index contributed by atoms with van der Waals surface area (Å²) in [6.45, 7) is 4.63. The van der Waals surface area contributed by atoms with E-state index in [-0.39, 0.29) is 11.9 Å². The molecule has 1 aliphatic rings. The van der Waals surface area contributed by atoms with Gasteiger partial charge in [-0.15, -0.1) is 0 Å². The maximum absolute atomic E-state index is 11.0. The molecular weight excluding hydrogens is 304 g/mol. The molecule has 1 atom stereocenters. The fourth-order valence-corrected chi connectivity index (χ4v) is 3.10. The average molecular weight is 324 g/mol. The van der Waals surface area contributed by atoms with Crippen molar-refractivity contribution >= 4 is 11.7 Å². The van der Waals surface area contributed by atoms with Crippen molar-refractivity contribution in [3.8, 4) is 6.07 Å². The van der Waals surface area contributed by atoms with Crippen molar-refractivity contribution in [3.05, 3.63) is 47.0 Å². The Balaban J connectivity index is 1.85. The first-order valence-corrected chi connectivity index (χ1v) is 8.05. The van der Waals surface area contributed by atoms with E-state index < -0.39 is 0 Å². The number of anilines is 1. The Morgan fingerprint density at radius 1 is 1.50 bits per heavy atom. The quantitative estimate of drug-likeness (QED) is 0.935. The minimum atomic E-state index is -0.0851. The number of furan rings is 1. The summed E-state index contributed by atoms with van der Waals surface area (Å²) < 4.78 is 5.91. The maximum atomic E-state index is 11.0. The molecule has 1 aliphatic heterocycles. The molecule has 3 rings (SSSR count). The molecule has 24 heavy (non-hydrogen) atoms. The number of carbonyl (C=O) groups is 1. The number of hydrogen-bond donors (Lipinski definition) is 1. The van der Waals surface area contributed by atoms with Gasteiger partial charge in [0, 0.05) is 19.7 Å². The fraction of sp³-hybridized carbons (Fsp3) is 0.389. The second-order valence-corrected chi connectivity index (χ2v) is 6.00. The topological polar surface area (TPSA) is 82.2 Å². The number of nitrogens with one attached hydrogen (secondary N) is 1. The van der Waals surface area contributed by atoms with E-state index in [1.807, 2.05) is 25.1 Å². The predicted molar refractivity (Wildman–Crippen MR) is 89.2 cm³/mol. The Bertz CT molecular complexity index is 791. The molecule has 1 saturated heterocycles. The summed E-state index contributed by atoms with van der Waals surface area (Å²) in [5.74, 6) is 2.21. The highest BCUT2D eigenvalue weighted by Gasteiger charge is 2.31. The Kier molecular flexibility index (Phi) is 4.52. The van der Waals surface area contributed by atoms with Gasteiger partial charge in [0.05, 0.1) is 18.2 Å². The number of aromatic nitrogens is 1. The lowest BCUT2D eigenvalue weighted by atomic mass is 10.1. The minimum Gasteiger partial charge on any atom is -0.462 e. The van der Waals surface area contributed by atoms with Crippen molar-refractivity contribution in [2.45, 2.75) is 39.3 Å². The van der Waals surface area contributed by atoms with Gasteiger partial charge in [-0.05, 0) is 43.5 Å². The van der Waals surface area contributed by atoms with Crippen LogP contribution in [0.1, 0.15) is 48.5 Å². The molecule has 0 saturated carbocycles. The molecule has 0 spiro atoms. The first kappa shape index (κ1) is 16.1. The third kappa shape index (κ3) is 3.11. The van der Waals surface area contributed by atoms with Crippen LogP contribution in [-0.2, 0) is 11.3 Å². The molecule has 124 valence electrons. The molecule has 3 heterocycles. The number of pyridine rings is 1. The minimum absolute atomic E-state index is 0.0671. The molecule has 1 N–H and O–H groups in total. The van der Waals surface area contributed by atoms with E-state index in [4.69, 9.17) is 4.42 Å². The van der Waals surface area contributed by atoms with Gasteiger partial charge in [-0.3, -0.25) is 4.79 Å². The van der Waals surface area contributed by atoms with Crippen LogP contribution >= 0.6 is 0 Å². The van der Waals surface area contributed by atoms with Gasteiger partial charge in [-0.1, -0.05) is 0 Å². The molecular formula is C18H20N4O2. The van der Waals surface area contributed by atoms with Crippen LogP contribution in [0.15, 0.2) is 28.8 Å². The van der Waals surface area contributed by atoms with E-state index >= 15 is 0 Å². The van der Waals surface area contributed by atoms with Crippen LogP contribution in [-0.4, -0.2) is 17.4 Å². The highest BCUT2D eigenvalue weighted by atomic mass is 16.3. The van der Waals surface area contributed by atoms with Crippen LogP contribution < -0.4 is 10.2 Å². The second kappa shape index (κ2) is 6.75. The summed E-state index contributed by atoms with van der Waals surface area (Å²) in [5.41, 5.74) is 1.55. The Morgan fingerprint density at radius 3 is 3.08 bits per heavy atom. The van der Waals surface area contributed by atoms with Gasteiger partial charge in [0.1, 0.15) is 23.4 Å². The molecule has 2 aromatic heterocycles. The zero-order chi connectivity index (χ0) is 17.1. The fourth-order valence-electron chi connectivity index (χ4n) is 3.10. The van der Waals surface area contributed by atoms with Gasteiger partial charge in [0.15, 0.2) is 0 Å². The van der Waals surface area contributed by atoms with Crippen LogP contribution in [0.25, 0.3) is 0 Å². The van der Waals surface area contributed by atoms with Gasteiger partial charge >= 0.3 is 0 Å². The molecule has 6 heteroatoms. The molecule has 1 unspecified atom stereocenters. The van der Waals surface area contributed by atoms with Crippen molar-refractivity contribution in [3.63, 3.8) is 0 Å². The van der Waals surface area contributed by atoms with Crippen molar-refractivity contribution < 1.29 is 9.21 Å². The molecule has 0 radical (unpaired) electrons. The van der Waals surface area contributed by atoms with Crippen molar-refractivity contribution in [2.24, 2.45) is 0 Å². The first-order chi connectivity index (χ1) is 11.6. The number of rotatable bonds is 4. The monoisotopic (exact) mass is 324 g/mol.